The molecule has 1 unspecified atom stereocenters. The fraction of sp³-hybridized carbons (Fsp3) is 1.00. The Morgan fingerprint density at radius 1 is 1.10 bits per heavy atom. The minimum absolute atomic E-state index is 0.213. The van der Waals surface area contributed by atoms with Crippen LogP contribution in [0.3, 0.4) is 0 Å². The molecule has 0 bridgehead atoms. The minimum Gasteiger partial charge on any atom is -0.743 e. The summed E-state index contributed by atoms with van der Waals surface area (Å²) in [4.78, 5) is 0. The van der Waals surface area contributed by atoms with E-state index in [2.05, 4.69) is 0 Å². The molecule has 0 fully saturated rings. The first kappa shape index (κ1) is 20.6. The van der Waals surface area contributed by atoms with E-state index in [9.17, 15) is 30.5 Å². The lowest BCUT2D eigenvalue weighted by Gasteiger charge is -2.30. The molecule has 0 amide bonds. The summed E-state index contributed by atoms with van der Waals surface area (Å²) in [5, 5.41) is -5.61. The smallest absolute Gasteiger partial charge is 0.396 e. The van der Waals surface area contributed by atoms with Crippen LogP contribution in [0.1, 0.15) is 52.9 Å². The predicted molar refractivity (Wildman–Crippen MR) is 68.4 cm³/mol. The Labute approximate surface area is 122 Å². The van der Waals surface area contributed by atoms with Crippen LogP contribution in [0.2, 0.25) is 0 Å². The van der Waals surface area contributed by atoms with Crippen molar-refractivity contribution in [2.24, 2.45) is 0 Å². The van der Waals surface area contributed by atoms with Gasteiger partial charge in [-0.2, -0.15) is 17.6 Å². The van der Waals surface area contributed by atoms with Gasteiger partial charge >= 0.3 is 11.2 Å². The van der Waals surface area contributed by atoms with Crippen molar-refractivity contribution in [3.05, 3.63) is 0 Å². The molecule has 4 nitrogen and oxygen atoms in total. The van der Waals surface area contributed by atoms with Crippen LogP contribution in [-0.4, -0.2) is 36.4 Å². The van der Waals surface area contributed by atoms with Crippen LogP contribution in [0.25, 0.3) is 0 Å². The molecule has 0 aromatic heterocycles. The van der Waals surface area contributed by atoms with Crippen LogP contribution in [0.4, 0.5) is 17.6 Å². The maximum absolute atomic E-state index is 13.2. The van der Waals surface area contributed by atoms with Crippen molar-refractivity contribution < 1.29 is 35.3 Å². The highest BCUT2D eigenvalue weighted by molar-refractivity contribution is 7.86. The van der Waals surface area contributed by atoms with Gasteiger partial charge in [0.05, 0.1) is 5.60 Å². The number of halogens is 4. The second kappa shape index (κ2) is 7.23. The molecule has 1 atom stereocenters. The van der Waals surface area contributed by atoms with E-state index in [1.807, 2.05) is 13.8 Å². The zero-order valence-electron chi connectivity index (χ0n) is 12.3. The van der Waals surface area contributed by atoms with Crippen molar-refractivity contribution >= 4 is 10.1 Å². The zero-order chi connectivity index (χ0) is 16.9. The van der Waals surface area contributed by atoms with Crippen LogP contribution >= 0.6 is 0 Å². The SMILES string of the molecule is CCCC(C)(CC)OCCCC(F)(F)C(F)(F)S(=O)(=O)[O-]. The monoisotopic (exact) mass is 337 g/mol. The Balaban J connectivity index is 4.54. The van der Waals surface area contributed by atoms with E-state index in [0.29, 0.717) is 12.8 Å². The fourth-order valence-corrected chi connectivity index (χ4v) is 2.29. The van der Waals surface area contributed by atoms with Crippen LogP contribution < -0.4 is 0 Å². The van der Waals surface area contributed by atoms with Crippen molar-refractivity contribution in [1.82, 2.24) is 0 Å². The van der Waals surface area contributed by atoms with Crippen LogP contribution in [0, 0.1) is 0 Å². The molecule has 0 radical (unpaired) electrons. The summed E-state index contributed by atoms with van der Waals surface area (Å²) in [6.07, 6.45) is 0.213. The Kier molecular flexibility index (Phi) is 7.09. The van der Waals surface area contributed by atoms with Gasteiger partial charge < -0.3 is 9.29 Å². The van der Waals surface area contributed by atoms with Crippen molar-refractivity contribution in [3.63, 3.8) is 0 Å². The molecular formula is C12H21F4O4S-. The summed E-state index contributed by atoms with van der Waals surface area (Å²) in [7, 11) is -6.41. The van der Waals surface area contributed by atoms with Gasteiger partial charge in [0.1, 0.15) is 0 Å². The summed E-state index contributed by atoms with van der Waals surface area (Å²) < 4.78 is 88.1. The first-order valence-electron chi connectivity index (χ1n) is 6.68. The topological polar surface area (TPSA) is 66.4 Å². The summed E-state index contributed by atoms with van der Waals surface area (Å²) in [5.41, 5.74) is -0.531. The summed E-state index contributed by atoms with van der Waals surface area (Å²) in [6, 6.07) is 0. The quantitative estimate of drug-likeness (QED) is 0.347. The first-order chi connectivity index (χ1) is 9.33. The molecule has 0 aliphatic rings. The molecule has 0 aromatic carbocycles. The largest absolute Gasteiger partial charge is 0.743 e. The minimum atomic E-state index is -6.41. The molecule has 0 aliphatic heterocycles. The molecule has 0 aliphatic carbocycles. The fourth-order valence-electron chi connectivity index (χ4n) is 1.82. The van der Waals surface area contributed by atoms with Crippen LogP contribution in [0.15, 0.2) is 0 Å². The second-order valence-electron chi connectivity index (χ2n) is 5.18. The highest BCUT2D eigenvalue weighted by atomic mass is 32.2. The van der Waals surface area contributed by atoms with E-state index in [1.54, 1.807) is 6.92 Å². The van der Waals surface area contributed by atoms with Gasteiger partial charge in [-0.25, -0.2) is 8.42 Å². The summed E-state index contributed by atoms with van der Waals surface area (Å²) in [6.45, 7) is 5.34. The van der Waals surface area contributed by atoms with Gasteiger partial charge in [-0.3, -0.25) is 0 Å². The molecule has 0 saturated heterocycles. The van der Waals surface area contributed by atoms with Gasteiger partial charge in [-0.05, 0) is 26.2 Å². The lowest BCUT2D eigenvalue weighted by molar-refractivity contribution is -0.168. The summed E-state index contributed by atoms with van der Waals surface area (Å²) >= 11 is 0. The maximum atomic E-state index is 13.2. The van der Waals surface area contributed by atoms with Gasteiger partial charge in [0, 0.05) is 13.0 Å². The lowest BCUT2D eigenvalue weighted by Crippen LogP contribution is -2.47. The summed E-state index contributed by atoms with van der Waals surface area (Å²) in [5.74, 6) is -4.91. The lowest BCUT2D eigenvalue weighted by atomic mass is 9.97. The van der Waals surface area contributed by atoms with Gasteiger partial charge in [0.25, 0.3) is 0 Å². The van der Waals surface area contributed by atoms with Gasteiger partial charge in [-0.15, -0.1) is 0 Å². The van der Waals surface area contributed by atoms with E-state index in [0.717, 1.165) is 6.42 Å². The molecule has 21 heavy (non-hydrogen) atoms. The standard InChI is InChI=1S/C12H22F4O4S/c1-4-7-10(3,5-2)20-9-6-8-11(13,14)12(15,16)21(17,18)19/h4-9H2,1-3H3,(H,17,18,19)/p-1. The number of hydrogen-bond acceptors (Lipinski definition) is 4. The van der Waals surface area contributed by atoms with Crippen LogP contribution in [0.5, 0.6) is 0 Å². The van der Waals surface area contributed by atoms with E-state index < -0.39 is 39.7 Å². The second-order valence-corrected chi connectivity index (χ2v) is 6.60. The van der Waals surface area contributed by atoms with Crippen LogP contribution in [-0.2, 0) is 14.9 Å². The maximum Gasteiger partial charge on any atom is 0.396 e. The molecule has 0 spiro atoms. The highest BCUT2D eigenvalue weighted by Crippen LogP contribution is 2.41. The van der Waals surface area contributed by atoms with Gasteiger partial charge in [0.15, 0.2) is 10.1 Å². The van der Waals surface area contributed by atoms with E-state index in [4.69, 9.17) is 4.74 Å². The van der Waals surface area contributed by atoms with Crippen molar-refractivity contribution in [3.8, 4) is 0 Å². The average molecular weight is 337 g/mol. The molecular weight excluding hydrogens is 316 g/mol. The van der Waals surface area contributed by atoms with Crippen molar-refractivity contribution in [2.75, 3.05) is 6.61 Å². The Morgan fingerprint density at radius 3 is 2.00 bits per heavy atom. The third-order valence-electron chi connectivity index (χ3n) is 3.35. The third-order valence-corrected chi connectivity index (χ3v) is 4.28. The normalized spacial score (nSPS) is 16.8. The first-order valence-corrected chi connectivity index (χ1v) is 8.09. The third kappa shape index (κ3) is 5.37. The number of alkyl halides is 4. The Hall–Kier alpha value is -0.410. The predicted octanol–water partition coefficient (Wildman–Crippen LogP) is 3.53. The zero-order valence-corrected chi connectivity index (χ0v) is 13.1. The Bertz CT molecular complexity index is 425. The number of rotatable bonds is 10. The molecule has 128 valence electrons. The average Bonchev–Trinajstić information content (AvgIpc) is 2.33. The molecule has 9 heteroatoms. The number of ether oxygens (including phenoxy) is 1. The van der Waals surface area contributed by atoms with Crippen molar-refractivity contribution in [2.45, 2.75) is 69.7 Å². The van der Waals surface area contributed by atoms with Crippen molar-refractivity contribution in [1.29, 1.82) is 0 Å². The molecule has 0 aromatic rings. The molecule has 0 N–H and O–H groups in total. The number of hydrogen-bond donors (Lipinski definition) is 0. The highest BCUT2D eigenvalue weighted by Gasteiger charge is 2.60. The molecule has 0 heterocycles. The molecule has 0 saturated carbocycles. The molecule has 0 rings (SSSR count). The van der Waals surface area contributed by atoms with Gasteiger partial charge in [-0.1, -0.05) is 20.3 Å². The van der Waals surface area contributed by atoms with E-state index >= 15 is 0 Å². The van der Waals surface area contributed by atoms with E-state index in [-0.39, 0.29) is 6.61 Å². The van der Waals surface area contributed by atoms with E-state index in [1.165, 1.54) is 0 Å². The Morgan fingerprint density at radius 2 is 1.62 bits per heavy atom. The van der Waals surface area contributed by atoms with Gasteiger partial charge in [0.2, 0.25) is 0 Å².